The molecule has 0 saturated carbocycles. The van der Waals surface area contributed by atoms with Crippen molar-refractivity contribution in [3.05, 3.63) is 0 Å². The number of unbranched alkanes of at least 4 members (excludes halogenated alkanes) is 1. The first kappa shape index (κ1) is 14.4. The minimum Gasteiger partial charge on any atom is -0.340 e. The topological polar surface area (TPSA) is 46.3 Å². The van der Waals surface area contributed by atoms with Crippen LogP contribution in [0, 0.1) is 0 Å². The monoisotopic (exact) mass is 214 g/mol. The molecular formula is C12H26N2O. The molecule has 0 aromatic heterocycles. The lowest BCUT2D eigenvalue weighted by molar-refractivity contribution is -0.133. The summed E-state index contributed by atoms with van der Waals surface area (Å²) in [5.74, 6) is 0.202. The van der Waals surface area contributed by atoms with E-state index in [9.17, 15) is 4.79 Å². The van der Waals surface area contributed by atoms with Crippen LogP contribution in [0.4, 0.5) is 0 Å². The Morgan fingerprint density at radius 2 is 1.93 bits per heavy atom. The number of hydrogen-bond donors (Lipinski definition) is 1. The van der Waals surface area contributed by atoms with Gasteiger partial charge in [0.05, 0.1) is 0 Å². The highest BCUT2D eigenvalue weighted by atomic mass is 16.2. The Morgan fingerprint density at radius 3 is 2.33 bits per heavy atom. The van der Waals surface area contributed by atoms with E-state index in [0.29, 0.717) is 12.5 Å². The van der Waals surface area contributed by atoms with Crippen molar-refractivity contribution in [1.82, 2.24) is 4.90 Å². The third-order valence-corrected chi connectivity index (χ3v) is 2.69. The van der Waals surface area contributed by atoms with Crippen molar-refractivity contribution < 1.29 is 4.79 Å². The van der Waals surface area contributed by atoms with E-state index < -0.39 is 0 Å². The van der Waals surface area contributed by atoms with Crippen LogP contribution < -0.4 is 5.73 Å². The Hall–Kier alpha value is -0.570. The molecule has 3 nitrogen and oxygen atoms in total. The van der Waals surface area contributed by atoms with Crippen LogP contribution in [0.2, 0.25) is 0 Å². The SMILES string of the molecule is CCCCN(C(=O)CC(C)N)C(C)CC. The van der Waals surface area contributed by atoms with Crippen LogP contribution in [-0.2, 0) is 4.79 Å². The van der Waals surface area contributed by atoms with Crippen molar-refractivity contribution in [3.63, 3.8) is 0 Å². The van der Waals surface area contributed by atoms with Gasteiger partial charge in [0.2, 0.25) is 5.91 Å². The van der Waals surface area contributed by atoms with E-state index >= 15 is 0 Å². The molecule has 0 saturated heterocycles. The van der Waals surface area contributed by atoms with Crippen LogP contribution in [0.1, 0.15) is 53.4 Å². The Kier molecular flexibility index (Phi) is 7.39. The van der Waals surface area contributed by atoms with Gasteiger partial charge < -0.3 is 10.6 Å². The van der Waals surface area contributed by atoms with E-state index in [2.05, 4.69) is 20.8 Å². The molecule has 0 heterocycles. The molecule has 0 fully saturated rings. The third-order valence-electron chi connectivity index (χ3n) is 2.69. The number of carbonyl (C=O) groups is 1. The van der Waals surface area contributed by atoms with Gasteiger partial charge in [-0.25, -0.2) is 0 Å². The molecule has 0 rings (SSSR count). The van der Waals surface area contributed by atoms with Crippen LogP contribution in [0.3, 0.4) is 0 Å². The molecule has 0 bridgehead atoms. The van der Waals surface area contributed by atoms with Gasteiger partial charge in [-0.3, -0.25) is 4.79 Å². The molecule has 15 heavy (non-hydrogen) atoms. The molecule has 1 amide bonds. The summed E-state index contributed by atoms with van der Waals surface area (Å²) in [5, 5.41) is 0. The molecule has 0 radical (unpaired) electrons. The van der Waals surface area contributed by atoms with Crippen LogP contribution in [-0.4, -0.2) is 29.4 Å². The predicted octanol–water partition coefficient (Wildman–Crippen LogP) is 2.15. The Morgan fingerprint density at radius 1 is 1.33 bits per heavy atom. The molecule has 2 atom stereocenters. The summed E-state index contributed by atoms with van der Waals surface area (Å²) >= 11 is 0. The zero-order chi connectivity index (χ0) is 11.8. The van der Waals surface area contributed by atoms with Gasteiger partial charge in [0.15, 0.2) is 0 Å². The molecule has 2 N–H and O–H groups in total. The number of hydrogen-bond acceptors (Lipinski definition) is 2. The second-order valence-corrected chi connectivity index (χ2v) is 4.38. The first-order valence-corrected chi connectivity index (χ1v) is 6.07. The molecule has 90 valence electrons. The first-order valence-electron chi connectivity index (χ1n) is 6.07. The van der Waals surface area contributed by atoms with Crippen LogP contribution in [0.25, 0.3) is 0 Å². The van der Waals surface area contributed by atoms with Gasteiger partial charge in [0, 0.05) is 25.0 Å². The zero-order valence-corrected chi connectivity index (χ0v) is 10.6. The second kappa shape index (κ2) is 7.69. The maximum Gasteiger partial charge on any atom is 0.224 e. The first-order chi connectivity index (χ1) is 7.02. The summed E-state index contributed by atoms with van der Waals surface area (Å²) in [6.45, 7) is 9.12. The average Bonchev–Trinajstić information content (AvgIpc) is 2.16. The third kappa shape index (κ3) is 5.78. The van der Waals surface area contributed by atoms with E-state index in [4.69, 9.17) is 5.73 Å². The number of nitrogens with zero attached hydrogens (tertiary/aromatic N) is 1. The molecular weight excluding hydrogens is 188 g/mol. The van der Waals surface area contributed by atoms with Crippen LogP contribution >= 0.6 is 0 Å². The molecule has 0 aromatic rings. The predicted molar refractivity (Wildman–Crippen MR) is 64.6 cm³/mol. The minimum atomic E-state index is -0.0364. The lowest BCUT2D eigenvalue weighted by Crippen LogP contribution is -2.41. The summed E-state index contributed by atoms with van der Waals surface area (Å²) in [5.41, 5.74) is 5.65. The van der Waals surface area contributed by atoms with Gasteiger partial charge in [0.1, 0.15) is 0 Å². The molecule has 3 heteroatoms. The van der Waals surface area contributed by atoms with Gasteiger partial charge in [-0.1, -0.05) is 20.3 Å². The van der Waals surface area contributed by atoms with Crippen molar-refractivity contribution in [3.8, 4) is 0 Å². The zero-order valence-electron chi connectivity index (χ0n) is 10.6. The maximum absolute atomic E-state index is 11.9. The van der Waals surface area contributed by atoms with Crippen molar-refractivity contribution in [1.29, 1.82) is 0 Å². The lowest BCUT2D eigenvalue weighted by atomic mass is 10.1. The summed E-state index contributed by atoms with van der Waals surface area (Å²) in [4.78, 5) is 13.9. The minimum absolute atomic E-state index is 0.0364. The molecule has 0 aliphatic rings. The highest BCUT2D eigenvalue weighted by molar-refractivity contribution is 5.77. The van der Waals surface area contributed by atoms with Gasteiger partial charge in [-0.15, -0.1) is 0 Å². The summed E-state index contributed by atoms with van der Waals surface area (Å²) in [6, 6.07) is 0.300. The van der Waals surface area contributed by atoms with Gasteiger partial charge in [0.25, 0.3) is 0 Å². The molecule has 0 spiro atoms. The highest BCUT2D eigenvalue weighted by Gasteiger charge is 2.18. The number of nitrogens with two attached hydrogens (primary N) is 1. The number of carbonyl (C=O) groups excluding carboxylic acids is 1. The maximum atomic E-state index is 11.9. The highest BCUT2D eigenvalue weighted by Crippen LogP contribution is 2.08. The average molecular weight is 214 g/mol. The molecule has 2 unspecified atom stereocenters. The van der Waals surface area contributed by atoms with E-state index in [0.717, 1.165) is 25.8 Å². The fourth-order valence-corrected chi connectivity index (χ4v) is 1.53. The Balaban J connectivity index is 4.26. The van der Waals surface area contributed by atoms with Crippen LogP contribution in [0.15, 0.2) is 0 Å². The van der Waals surface area contributed by atoms with Gasteiger partial charge in [-0.2, -0.15) is 0 Å². The molecule has 0 aromatic carbocycles. The van der Waals surface area contributed by atoms with E-state index in [-0.39, 0.29) is 11.9 Å². The van der Waals surface area contributed by atoms with Crippen LogP contribution in [0.5, 0.6) is 0 Å². The van der Waals surface area contributed by atoms with Crippen molar-refractivity contribution >= 4 is 5.91 Å². The fraction of sp³-hybridized carbons (Fsp3) is 0.917. The molecule has 0 aliphatic heterocycles. The van der Waals surface area contributed by atoms with Gasteiger partial charge in [-0.05, 0) is 26.7 Å². The van der Waals surface area contributed by atoms with Gasteiger partial charge >= 0.3 is 0 Å². The van der Waals surface area contributed by atoms with Crippen molar-refractivity contribution in [2.75, 3.05) is 6.54 Å². The smallest absolute Gasteiger partial charge is 0.224 e. The number of amides is 1. The Labute approximate surface area is 94.0 Å². The lowest BCUT2D eigenvalue weighted by Gasteiger charge is -2.29. The molecule has 0 aliphatic carbocycles. The van der Waals surface area contributed by atoms with Crippen molar-refractivity contribution in [2.24, 2.45) is 5.73 Å². The quantitative estimate of drug-likeness (QED) is 0.706. The van der Waals surface area contributed by atoms with E-state index in [1.807, 2.05) is 11.8 Å². The van der Waals surface area contributed by atoms with E-state index in [1.54, 1.807) is 0 Å². The van der Waals surface area contributed by atoms with E-state index in [1.165, 1.54) is 0 Å². The summed E-state index contributed by atoms with van der Waals surface area (Å²) in [7, 11) is 0. The second-order valence-electron chi connectivity index (χ2n) is 4.38. The Bertz CT molecular complexity index is 180. The fourth-order valence-electron chi connectivity index (χ4n) is 1.53. The standard InChI is InChI=1S/C12H26N2O/c1-5-7-8-14(11(4)6-2)12(15)9-10(3)13/h10-11H,5-9,13H2,1-4H3. The normalized spacial score (nSPS) is 14.7. The largest absolute Gasteiger partial charge is 0.340 e. The number of rotatable bonds is 7. The van der Waals surface area contributed by atoms with Crippen molar-refractivity contribution in [2.45, 2.75) is 65.5 Å². The summed E-state index contributed by atoms with van der Waals surface area (Å²) < 4.78 is 0. The summed E-state index contributed by atoms with van der Waals surface area (Å²) in [6.07, 6.45) is 3.68.